The van der Waals surface area contributed by atoms with Crippen molar-refractivity contribution in [2.75, 3.05) is 0 Å². The summed E-state index contributed by atoms with van der Waals surface area (Å²) in [5.41, 5.74) is -0.393. The van der Waals surface area contributed by atoms with Gasteiger partial charge in [-0.05, 0) is 6.92 Å². The van der Waals surface area contributed by atoms with Gasteiger partial charge in [-0.3, -0.25) is 0 Å². The van der Waals surface area contributed by atoms with Crippen LogP contribution in [0.3, 0.4) is 0 Å². The number of carboxylic acid groups (broad SMARTS) is 3. The van der Waals surface area contributed by atoms with Gasteiger partial charge < -0.3 is 15.3 Å². The summed E-state index contributed by atoms with van der Waals surface area (Å²) in [6.07, 6.45) is 2.92. The summed E-state index contributed by atoms with van der Waals surface area (Å²) in [5, 5.41) is 25.8. The molecule has 0 aromatic heterocycles. The van der Waals surface area contributed by atoms with Gasteiger partial charge >= 0.3 is 17.9 Å². The minimum absolute atomic E-state index is 0.0903. The summed E-state index contributed by atoms with van der Waals surface area (Å²) in [6.45, 7) is 4.54. The minimum Gasteiger partial charge on any atom is -0.478 e. The quantitative estimate of drug-likeness (QED) is 0.595. The summed E-state index contributed by atoms with van der Waals surface area (Å²) < 4.78 is 0. The van der Waals surface area contributed by atoms with Crippen LogP contribution in [0.5, 0.6) is 0 Å². The Bertz CT molecular complexity index is 416. The molecule has 0 aliphatic rings. The maximum Gasteiger partial charge on any atom is 0.331 e. The van der Waals surface area contributed by atoms with Gasteiger partial charge in [0, 0.05) is 23.1 Å². The average molecular weight is 240 g/mol. The summed E-state index contributed by atoms with van der Waals surface area (Å²) in [6, 6.07) is 0. The molecule has 3 N–H and O–H groups in total. The maximum absolute atomic E-state index is 10.7. The molecule has 0 aromatic carbocycles. The molecule has 92 valence electrons. The molecule has 0 aliphatic carbocycles. The van der Waals surface area contributed by atoms with E-state index in [2.05, 4.69) is 6.58 Å². The molecule has 0 aromatic rings. The van der Waals surface area contributed by atoms with Crippen molar-refractivity contribution in [3.05, 3.63) is 36.0 Å². The molecule has 0 saturated heterocycles. The van der Waals surface area contributed by atoms with Gasteiger partial charge in [0.15, 0.2) is 0 Å². The first-order valence-corrected chi connectivity index (χ1v) is 4.50. The Morgan fingerprint density at radius 1 is 1.12 bits per heavy atom. The zero-order chi connectivity index (χ0) is 13.6. The third-order valence-corrected chi connectivity index (χ3v) is 1.89. The van der Waals surface area contributed by atoms with Crippen LogP contribution in [0.1, 0.15) is 6.92 Å². The Labute approximate surface area is 97.2 Å². The molecule has 0 spiro atoms. The number of aliphatic carboxylic acids is 3. The summed E-state index contributed by atoms with van der Waals surface area (Å²) in [5.74, 6) is -4.76. The van der Waals surface area contributed by atoms with Crippen molar-refractivity contribution in [3.63, 3.8) is 0 Å². The SMILES string of the molecule is C=C(C(=O)O)C(C=CC(=O)O)C=C(C)C(=O)O. The fourth-order valence-corrected chi connectivity index (χ4v) is 0.941. The van der Waals surface area contributed by atoms with E-state index in [0.717, 1.165) is 18.2 Å². The van der Waals surface area contributed by atoms with Gasteiger partial charge in [-0.25, -0.2) is 14.4 Å². The Hall–Kier alpha value is -2.37. The van der Waals surface area contributed by atoms with E-state index in [-0.39, 0.29) is 11.1 Å². The number of hydrogen-bond donors (Lipinski definition) is 3. The highest BCUT2D eigenvalue weighted by molar-refractivity contribution is 5.90. The summed E-state index contributed by atoms with van der Waals surface area (Å²) >= 11 is 0. The fraction of sp³-hybridized carbons (Fsp3) is 0.182. The third-order valence-electron chi connectivity index (χ3n) is 1.89. The number of rotatable bonds is 6. The molecule has 0 heterocycles. The Morgan fingerprint density at radius 3 is 2.00 bits per heavy atom. The van der Waals surface area contributed by atoms with Crippen molar-refractivity contribution in [1.82, 2.24) is 0 Å². The number of carboxylic acids is 3. The second-order valence-corrected chi connectivity index (χ2v) is 3.21. The van der Waals surface area contributed by atoms with E-state index in [1.165, 1.54) is 6.92 Å². The lowest BCUT2D eigenvalue weighted by molar-refractivity contribution is -0.134. The van der Waals surface area contributed by atoms with Crippen LogP contribution in [0.25, 0.3) is 0 Å². The predicted octanol–water partition coefficient (Wildman–Crippen LogP) is 0.915. The van der Waals surface area contributed by atoms with E-state index in [4.69, 9.17) is 15.3 Å². The Morgan fingerprint density at radius 2 is 1.65 bits per heavy atom. The van der Waals surface area contributed by atoms with Gasteiger partial charge in [-0.2, -0.15) is 0 Å². The highest BCUT2D eigenvalue weighted by atomic mass is 16.4. The van der Waals surface area contributed by atoms with Crippen LogP contribution in [0.2, 0.25) is 0 Å². The molecule has 1 atom stereocenters. The predicted molar refractivity (Wildman–Crippen MR) is 58.4 cm³/mol. The van der Waals surface area contributed by atoms with Crippen molar-refractivity contribution in [2.45, 2.75) is 6.92 Å². The van der Waals surface area contributed by atoms with Crippen LogP contribution in [0, 0.1) is 5.92 Å². The van der Waals surface area contributed by atoms with Crippen LogP contribution in [-0.4, -0.2) is 33.2 Å². The zero-order valence-electron chi connectivity index (χ0n) is 9.08. The molecule has 6 nitrogen and oxygen atoms in total. The van der Waals surface area contributed by atoms with E-state index >= 15 is 0 Å². The molecule has 6 heteroatoms. The van der Waals surface area contributed by atoms with Crippen LogP contribution < -0.4 is 0 Å². The molecule has 0 fully saturated rings. The second kappa shape index (κ2) is 6.26. The first kappa shape index (κ1) is 14.6. The van der Waals surface area contributed by atoms with Gasteiger partial charge in [-0.15, -0.1) is 0 Å². The molecular formula is C11H12O6. The van der Waals surface area contributed by atoms with Crippen molar-refractivity contribution < 1.29 is 29.7 Å². The Balaban J connectivity index is 5.19. The normalized spacial score (nSPS) is 13.4. The lowest BCUT2D eigenvalue weighted by atomic mass is 9.97. The molecule has 1 unspecified atom stereocenters. The molecule has 0 radical (unpaired) electrons. The second-order valence-electron chi connectivity index (χ2n) is 3.21. The summed E-state index contributed by atoms with van der Waals surface area (Å²) in [4.78, 5) is 31.6. The van der Waals surface area contributed by atoms with Crippen molar-refractivity contribution in [1.29, 1.82) is 0 Å². The first-order chi connectivity index (χ1) is 7.75. The van der Waals surface area contributed by atoms with Crippen molar-refractivity contribution in [3.8, 4) is 0 Å². The van der Waals surface area contributed by atoms with E-state index in [1.54, 1.807) is 0 Å². The summed E-state index contributed by atoms with van der Waals surface area (Å²) in [7, 11) is 0. The molecule has 17 heavy (non-hydrogen) atoms. The van der Waals surface area contributed by atoms with E-state index in [9.17, 15) is 14.4 Å². The van der Waals surface area contributed by atoms with Crippen LogP contribution >= 0.6 is 0 Å². The maximum atomic E-state index is 10.7. The standard InChI is InChI=1S/C11H12O6/c1-6(10(14)15)5-8(3-4-9(12)13)7(2)11(16)17/h3-5,8H,2H2,1H3,(H,12,13)(H,14,15)(H,16,17). The molecule has 0 aliphatic heterocycles. The lowest BCUT2D eigenvalue weighted by Crippen LogP contribution is -2.10. The highest BCUT2D eigenvalue weighted by Crippen LogP contribution is 2.15. The van der Waals surface area contributed by atoms with E-state index in [0.29, 0.717) is 0 Å². The molecule has 0 amide bonds. The molecule has 0 bridgehead atoms. The smallest absolute Gasteiger partial charge is 0.331 e. The van der Waals surface area contributed by atoms with Crippen LogP contribution in [0.4, 0.5) is 0 Å². The fourth-order valence-electron chi connectivity index (χ4n) is 0.941. The Kier molecular flexibility index (Phi) is 5.39. The monoisotopic (exact) mass is 240 g/mol. The largest absolute Gasteiger partial charge is 0.478 e. The van der Waals surface area contributed by atoms with Crippen molar-refractivity contribution in [2.24, 2.45) is 5.92 Å². The number of hydrogen-bond acceptors (Lipinski definition) is 3. The lowest BCUT2D eigenvalue weighted by Gasteiger charge is -2.08. The topological polar surface area (TPSA) is 112 Å². The highest BCUT2D eigenvalue weighted by Gasteiger charge is 2.15. The van der Waals surface area contributed by atoms with Crippen LogP contribution in [0.15, 0.2) is 36.0 Å². The van der Waals surface area contributed by atoms with Gasteiger partial charge in [0.1, 0.15) is 0 Å². The van der Waals surface area contributed by atoms with Gasteiger partial charge in [0.2, 0.25) is 0 Å². The minimum atomic E-state index is -1.32. The molecule has 0 saturated carbocycles. The zero-order valence-corrected chi connectivity index (χ0v) is 9.08. The van der Waals surface area contributed by atoms with Gasteiger partial charge in [-0.1, -0.05) is 18.7 Å². The molecule has 0 rings (SSSR count). The average Bonchev–Trinajstić information content (AvgIpc) is 2.22. The first-order valence-electron chi connectivity index (χ1n) is 4.50. The van der Waals surface area contributed by atoms with E-state index < -0.39 is 23.8 Å². The van der Waals surface area contributed by atoms with Crippen molar-refractivity contribution >= 4 is 17.9 Å². The van der Waals surface area contributed by atoms with Gasteiger partial charge in [0.05, 0.1) is 0 Å². The number of carbonyl (C=O) groups is 3. The third kappa shape index (κ3) is 5.31. The van der Waals surface area contributed by atoms with E-state index in [1.807, 2.05) is 0 Å². The molecular weight excluding hydrogens is 228 g/mol. The van der Waals surface area contributed by atoms with Gasteiger partial charge in [0.25, 0.3) is 0 Å². The van der Waals surface area contributed by atoms with Crippen LogP contribution in [-0.2, 0) is 14.4 Å². The number of allylic oxidation sites excluding steroid dienone is 2.